The Kier molecular flexibility index (Phi) is 3.12. The molecule has 0 bridgehead atoms. The van der Waals surface area contributed by atoms with E-state index in [1.165, 1.54) is 6.07 Å². The maximum absolute atomic E-state index is 13.5. The quantitative estimate of drug-likeness (QED) is 0.860. The minimum Gasteiger partial charge on any atom is -0.454 e. The number of halogens is 1. The number of nitrogens with two attached hydrogens (primary N) is 1. The van der Waals surface area contributed by atoms with Crippen LogP contribution < -0.4 is 10.5 Å². The van der Waals surface area contributed by atoms with Crippen molar-refractivity contribution in [2.24, 2.45) is 5.73 Å². The Morgan fingerprint density at radius 1 is 1.19 bits per heavy atom. The van der Waals surface area contributed by atoms with Crippen LogP contribution in [0.3, 0.4) is 0 Å². The van der Waals surface area contributed by atoms with Crippen molar-refractivity contribution in [2.75, 3.05) is 0 Å². The third kappa shape index (κ3) is 2.35. The Morgan fingerprint density at radius 3 is 2.56 bits per heavy atom. The first kappa shape index (κ1) is 10.6. The van der Waals surface area contributed by atoms with Crippen molar-refractivity contribution in [3.05, 3.63) is 54.1 Å². The highest BCUT2D eigenvalue weighted by Crippen LogP contribution is 2.24. The molecule has 3 nitrogen and oxygen atoms in total. The summed E-state index contributed by atoms with van der Waals surface area (Å²) in [5, 5.41) is 0. The normalized spacial score (nSPS) is 10.1. The van der Waals surface area contributed by atoms with Gasteiger partial charge in [-0.25, -0.2) is 4.39 Å². The molecule has 2 N–H and O–H groups in total. The molecule has 0 saturated carbocycles. The van der Waals surface area contributed by atoms with Crippen LogP contribution in [0.1, 0.15) is 5.56 Å². The summed E-state index contributed by atoms with van der Waals surface area (Å²) in [6.45, 7) is 0.312. The molecule has 0 fully saturated rings. The monoisotopic (exact) mass is 218 g/mol. The number of hydrogen-bond acceptors (Lipinski definition) is 3. The van der Waals surface area contributed by atoms with Crippen LogP contribution in [-0.4, -0.2) is 4.98 Å². The minimum absolute atomic E-state index is 0.184. The highest BCUT2D eigenvalue weighted by molar-refractivity contribution is 5.33. The zero-order chi connectivity index (χ0) is 11.4. The fourth-order valence-electron chi connectivity index (χ4n) is 1.29. The molecule has 0 unspecified atom stereocenters. The number of ether oxygens (including phenoxy) is 1. The maximum Gasteiger partial charge on any atom is 0.166 e. The van der Waals surface area contributed by atoms with E-state index in [9.17, 15) is 4.39 Å². The van der Waals surface area contributed by atoms with Gasteiger partial charge in [-0.3, -0.25) is 4.98 Å². The van der Waals surface area contributed by atoms with Gasteiger partial charge in [0, 0.05) is 18.9 Å². The molecule has 82 valence electrons. The van der Waals surface area contributed by atoms with Crippen LogP contribution >= 0.6 is 0 Å². The predicted molar refractivity (Wildman–Crippen MR) is 58.6 cm³/mol. The number of benzene rings is 1. The smallest absolute Gasteiger partial charge is 0.166 e. The summed E-state index contributed by atoms with van der Waals surface area (Å²) in [6.07, 6.45) is 3.17. The SMILES string of the molecule is NCc1ccc(Oc2ccncc2)c(F)c1. The average Bonchev–Trinajstić information content (AvgIpc) is 2.33. The zero-order valence-corrected chi connectivity index (χ0v) is 8.56. The summed E-state index contributed by atoms with van der Waals surface area (Å²) in [4.78, 5) is 3.85. The third-order valence-corrected chi connectivity index (χ3v) is 2.11. The second-order valence-corrected chi connectivity index (χ2v) is 3.25. The molecular formula is C12H11FN2O. The molecule has 4 heteroatoms. The average molecular weight is 218 g/mol. The molecule has 2 aromatic rings. The van der Waals surface area contributed by atoms with Crippen LogP contribution in [0.2, 0.25) is 0 Å². The molecule has 2 rings (SSSR count). The van der Waals surface area contributed by atoms with Gasteiger partial charge in [-0.1, -0.05) is 6.07 Å². The van der Waals surface area contributed by atoms with Crippen molar-refractivity contribution in [1.29, 1.82) is 0 Å². The molecule has 0 amide bonds. The van der Waals surface area contributed by atoms with Crippen molar-refractivity contribution in [3.8, 4) is 11.5 Å². The lowest BCUT2D eigenvalue weighted by Crippen LogP contribution is -1.97. The lowest BCUT2D eigenvalue weighted by atomic mass is 10.2. The lowest BCUT2D eigenvalue weighted by Gasteiger charge is -2.07. The summed E-state index contributed by atoms with van der Waals surface area (Å²) in [6, 6.07) is 8.00. The van der Waals surface area contributed by atoms with E-state index in [-0.39, 0.29) is 5.75 Å². The number of rotatable bonds is 3. The Labute approximate surface area is 92.7 Å². The molecule has 0 spiro atoms. The standard InChI is InChI=1S/C12H11FN2O/c13-11-7-9(8-14)1-2-12(11)16-10-3-5-15-6-4-10/h1-7H,8,14H2. The van der Waals surface area contributed by atoms with Crippen molar-refractivity contribution in [1.82, 2.24) is 4.98 Å². The molecule has 0 aliphatic carbocycles. The maximum atomic E-state index is 13.5. The van der Waals surface area contributed by atoms with Gasteiger partial charge in [-0.05, 0) is 29.8 Å². The zero-order valence-electron chi connectivity index (χ0n) is 8.56. The van der Waals surface area contributed by atoms with Gasteiger partial charge in [0.2, 0.25) is 0 Å². The number of hydrogen-bond donors (Lipinski definition) is 1. The third-order valence-electron chi connectivity index (χ3n) is 2.11. The van der Waals surface area contributed by atoms with Crippen LogP contribution in [0.15, 0.2) is 42.7 Å². The first-order valence-corrected chi connectivity index (χ1v) is 4.86. The minimum atomic E-state index is -0.417. The van der Waals surface area contributed by atoms with E-state index in [1.807, 2.05) is 0 Å². The molecular weight excluding hydrogens is 207 g/mol. The molecule has 0 aliphatic heterocycles. The van der Waals surface area contributed by atoms with Gasteiger partial charge in [-0.2, -0.15) is 0 Å². The summed E-state index contributed by atoms with van der Waals surface area (Å²) in [7, 11) is 0. The van der Waals surface area contributed by atoms with E-state index in [0.29, 0.717) is 12.3 Å². The Hall–Kier alpha value is -1.94. The number of nitrogens with zero attached hydrogens (tertiary/aromatic N) is 1. The molecule has 1 aromatic carbocycles. The van der Waals surface area contributed by atoms with Crippen LogP contribution in [0.4, 0.5) is 4.39 Å². The first-order valence-electron chi connectivity index (χ1n) is 4.86. The fraction of sp³-hybridized carbons (Fsp3) is 0.0833. The number of pyridine rings is 1. The van der Waals surface area contributed by atoms with Crippen LogP contribution in [-0.2, 0) is 6.54 Å². The highest BCUT2D eigenvalue weighted by atomic mass is 19.1. The predicted octanol–water partition coefficient (Wildman–Crippen LogP) is 2.47. The van der Waals surface area contributed by atoms with E-state index in [4.69, 9.17) is 10.5 Å². The van der Waals surface area contributed by atoms with Gasteiger partial charge in [-0.15, -0.1) is 0 Å². The summed E-state index contributed by atoms with van der Waals surface area (Å²) in [5.41, 5.74) is 6.14. The summed E-state index contributed by atoms with van der Waals surface area (Å²) in [5.74, 6) is 0.317. The second-order valence-electron chi connectivity index (χ2n) is 3.25. The van der Waals surface area contributed by atoms with Gasteiger partial charge in [0.25, 0.3) is 0 Å². The summed E-state index contributed by atoms with van der Waals surface area (Å²) >= 11 is 0. The lowest BCUT2D eigenvalue weighted by molar-refractivity contribution is 0.441. The number of aromatic nitrogens is 1. The Bertz CT molecular complexity index is 474. The van der Waals surface area contributed by atoms with E-state index < -0.39 is 5.82 Å². The van der Waals surface area contributed by atoms with E-state index in [1.54, 1.807) is 36.7 Å². The van der Waals surface area contributed by atoms with Crippen LogP contribution in [0.25, 0.3) is 0 Å². The van der Waals surface area contributed by atoms with Gasteiger partial charge in [0.1, 0.15) is 5.75 Å². The molecule has 0 atom stereocenters. The first-order chi connectivity index (χ1) is 7.79. The summed E-state index contributed by atoms with van der Waals surface area (Å²) < 4.78 is 18.9. The van der Waals surface area contributed by atoms with Crippen LogP contribution in [0.5, 0.6) is 11.5 Å². The second kappa shape index (κ2) is 4.72. The molecule has 0 saturated heterocycles. The Morgan fingerprint density at radius 2 is 1.94 bits per heavy atom. The largest absolute Gasteiger partial charge is 0.454 e. The van der Waals surface area contributed by atoms with Crippen molar-refractivity contribution in [3.63, 3.8) is 0 Å². The molecule has 1 aromatic heterocycles. The topological polar surface area (TPSA) is 48.1 Å². The van der Waals surface area contributed by atoms with Gasteiger partial charge in [0.05, 0.1) is 0 Å². The van der Waals surface area contributed by atoms with Crippen molar-refractivity contribution >= 4 is 0 Å². The Balaban J connectivity index is 2.22. The van der Waals surface area contributed by atoms with Gasteiger partial charge < -0.3 is 10.5 Å². The molecule has 16 heavy (non-hydrogen) atoms. The molecule has 1 heterocycles. The van der Waals surface area contributed by atoms with Crippen LogP contribution in [0, 0.1) is 5.82 Å². The molecule has 0 aliphatic rings. The highest BCUT2D eigenvalue weighted by Gasteiger charge is 2.05. The van der Waals surface area contributed by atoms with Gasteiger partial charge in [0.15, 0.2) is 11.6 Å². The molecule has 0 radical (unpaired) electrons. The van der Waals surface area contributed by atoms with Crippen molar-refractivity contribution < 1.29 is 9.13 Å². The van der Waals surface area contributed by atoms with Gasteiger partial charge >= 0.3 is 0 Å². The van der Waals surface area contributed by atoms with Crippen molar-refractivity contribution in [2.45, 2.75) is 6.54 Å². The fourth-order valence-corrected chi connectivity index (χ4v) is 1.29. The van der Waals surface area contributed by atoms with E-state index >= 15 is 0 Å². The van der Waals surface area contributed by atoms with E-state index in [0.717, 1.165) is 5.56 Å². The van der Waals surface area contributed by atoms with E-state index in [2.05, 4.69) is 4.98 Å².